The van der Waals surface area contributed by atoms with Gasteiger partial charge in [-0.05, 0) is 104 Å². The summed E-state index contributed by atoms with van der Waals surface area (Å²) in [5.41, 5.74) is 1.03. The van der Waals surface area contributed by atoms with Crippen molar-refractivity contribution in [3.63, 3.8) is 0 Å². The van der Waals surface area contributed by atoms with E-state index in [2.05, 4.69) is 33.0 Å². The summed E-state index contributed by atoms with van der Waals surface area (Å²) in [6.07, 6.45) is 14.8. The van der Waals surface area contributed by atoms with E-state index in [0.29, 0.717) is 23.4 Å². The van der Waals surface area contributed by atoms with Gasteiger partial charge in [-0.3, -0.25) is 0 Å². The van der Waals surface area contributed by atoms with E-state index in [1.165, 1.54) is 57.8 Å². The predicted molar refractivity (Wildman–Crippen MR) is 126 cm³/mol. The van der Waals surface area contributed by atoms with Crippen LogP contribution in [0.3, 0.4) is 0 Å². The molecule has 0 spiro atoms. The van der Waals surface area contributed by atoms with Crippen LogP contribution in [0.15, 0.2) is 0 Å². The van der Waals surface area contributed by atoms with E-state index in [4.69, 9.17) is 0 Å². The first-order valence-electron chi connectivity index (χ1n) is 13.3. The fourth-order valence-electron chi connectivity index (χ4n) is 9.46. The summed E-state index contributed by atoms with van der Waals surface area (Å²) >= 11 is 0. The van der Waals surface area contributed by atoms with Gasteiger partial charge >= 0.3 is 29.6 Å². The van der Waals surface area contributed by atoms with Crippen molar-refractivity contribution in [2.45, 2.75) is 104 Å². The molecule has 6 heteroatoms. The van der Waals surface area contributed by atoms with E-state index in [1.54, 1.807) is 0 Å². The summed E-state index contributed by atoms with van der Waals surface area (Å²) < 4.78 is 32.8. The summed E-state index contributed by atoms with van der Waals surface area (Å²) in [5, 5.41) is 3.39. The third-order valence-corrected chi connectivity index (χ3v) is 11.7. The number of fused-ring (bicyclic) bond motifs is 5. The van der Waals surface area contributed by atoms with Crippen LogP contribution in [0, 0.1) is 46.3 Å². The van der Waals surface area contributed by atoms with Crippen molar-refractivity contribution in [1.82, 2.24) is 5.32 Å². The van der Waals surface area contributed by atoms with E-state index >= 15 is 0 Å². The normalized spacial score (nSPS) is 44.7. The Morgan fingerprint density at radius 1 is 1.00 bits per heavy atom. The van der Waals surface area contributed by atoms with Crippen LogP contribution in [0.5, 0.6) is 0 Å². The third-order valence-electron chi connectivity index (χ3n) is 11.0. The van der Waals surface area contributed by atoms with Gasteiger partial charge in [0.25, 0.3) is 0 Å². The minimum atomic E-state index is -4.12. The summed E-state index contributed by atoms with van der Waals surface area (Å²) in [6.45, 7) is 10.4. The molecule has 0 radical (unpaired) electrons. The van der Waals surface area contributed by atoms with Gasteiger partial charge in [-0.15, -0.1) is 0 Å². The molecule has 4 rings (SSSR count). The molecule has 32 heavy (non-hydrogen) atoms. The molecule has 4 saturated carbocycles. The fourth-order valence-corrected chi connectivity index (χ4v) is 9.83. The van der Waals surface area contributed by atoms with Crippen LogP contribution in [0.2, 0.25) is 0 Å². The van der Waals surface area contributed by atoms with Crippen molar-refractivity contribution in [3.05, 3.63) is 0 Å². The van der Waals surface area contributed by atoms with Crippen LogP contribution < -0.4 is 34.9 Å². The van der Waals surface area contributed by atoms with E-state index < -0.39 is 10.1 Å². The Bertz CT molecular complexity index is 745. The van der Waals surface area contributed by atoms with Crippen molar-refractivity contribution in [2.75, 3.05) is 12.3 Å². The maximum Gasteiger partial charge on any atom is 1.00 e. The first-order valence-corrected chi connectivity index (χ1v) is 14.8. The van der Waals surface area contributed by atoms with Crippen LogP contribution in [-0.4, -0.2) is 31.3 Å². The SMILES string of the molecule is CCC[C@@H](C)[C@H]1CCC2C3CCC4CC(NCCS(=O)(=O)[O-])CC[C@]4(C)C3CC[C@@]21C.[Na+]. The zero-order valence-electron chi connectivity index (χ0n) is 21.4. The molecule has 0 saturated heterocycles. The molecule has 0 aliphatic heterocycles. The van der Waals surface area contributed by atoms with Crippen LogP contribution in [0.25, 0.3) is 0 Å². The smallest absolute Gasteiger partial charge is 0.748 e. The Labute approximate surface area is 219 Å². The second-order valence-electron chi connectivity index (χ2n) is 12.3. The molecule has 4 aliphatic rings. The van der Waals surface area contributed by atoms with Gasteiger partial charge in [0.15, 0.2) is 0 Å². The molecule has 1 N–H and O–H groups in total. The van der Waals surface area contributed by atoms with Crippen LogP contribution in [0.1, 0.15) is 98.3 Å². The molecule has 4 fully saturated rings. The molecule has 0 aromatic heterocycles. The molecule has 0 aromatic carbocycles. The molecule has 5 unspecified atom stereocenters. The Morgan fingerprint density at radius 3 is 2.38 bits per heavy atom. The minimum Gasteiger partial charge on any atom is -0.748 e. The standard InChI is InChI=1S/C26H47NO3S.Na/c1-5-6-18(2)22-9-10-23-21-8-7-19-17-20(27-15-16-31(28,29)30)11-13-25(19,3)24(21)12-14-26(22,23)4;/h18-24,27H,5-17H2,1-4H3,(H,28,29,30);/q;+1/p-1/t18-,19?,20?,21?,22-,23?,24?,25+,26-;/m1./s1. The van der Waals surface area contributed by atoms with Gasteiger partial charge in [-0.2, -0.15) is 0 Å². The van der Waals surface area contributed by atoms with Gasteiger partial charge in [0.2, 0.25) is 0 Å². The van der Waals surface area contributed by atoms with Gasteiger partial charge in [0, 0.05) is 12.6 Å². The van der Waals surface area contributed by atoms with Crippen LogP contribution >= 0.6 is 0 Å². The third kappa shape index (κ3) is 5.19. The molecule has 4 aliphatic carbocycles. The zero-order valence-corrected chi connectivity index (χ0v) is 24.2. The molecule has 0 heterocycles. The minimum absolute atomic E-state index is 0. The number of hydrogen-bond donors (Lipinski definition) is 1. The summed E-state index contributed by atoms with van der Waals surface area (Å²) in [6, 6.07) is 0.385. The average molecular weight is 476 g/mol. The van der Waals surface area contributed by atoms with Crippen molar-refractivity contribution >= 4 is 10.1 Å². The first kappa shape index (κ1) is 27.5. The monoisotopic (exact) mass is 475 g/mol. The Morgan fingerprint density at radius 2 is 1.69 bits per heavy atom. The van der Waals surface area contributed by atoms with Crippen molar-refractivity contribution in [2.24, 2.45) is 46.3 Å². The largest absolute Gasteiger partial charge is 1.00 e. The summed E-state index contributed by atoms with van der Waals surface area (Å²) in [7, 11) is -4.12. The second-order valence-corrected chi connectivity index (χ2v) is 13.9. The van der Waals surface area contributed by atoms with Gasteiger partial charge in [0.1, 0.15) is 0 Å². The molecular weight excluding hydrogens is 429 g/mol. The van der Waals surface area contributed by atoms with E-state index in [1.807, 2.05) is 0 Å². The predicted octanol–water partition coefficient (Wildman–Crippen LogP) is 2.59. The van der Waals surface area contributed by atoms with Crippen molar-refractivity contribution in [3.8, 4) is 0 Å². The topological polar surface area (TPSA) is 69.2 Å². The van der Waals surface area contributed by atoms with E-state index in [9.17, 15) is 13.0 Å². The zero-order chi connectivity index (χ0) is 22.4. The molecule has 4 nitrogen and oxygen atoms in total. The maximum atomic E-state index is 10.9. The van der Waals surface area contributed by atoms with Crippen LogP contribution in [-0.2, 0) is 10.1 Å². The Kier molecular flexibility index (Phi) is 8.98. The van der Waals surface area contributed by atoms with Crippen molar-refractivity contribution < 1.29 is 42.5 Å². The second kappa shape index (κ2) is 10.5. The molecule has 180 valence electrons. The molecule has 0 bridgehead atoms. The average Bonchev–Trinajstić information content (AvgIpc) is 3.04. The summed E-state index contributed by atoms with van der Waals surface area (Å²) in [4.78, 5) is 0. The van der Waals surface area contributed by atoms with Crippen molar-refractivity contribution in [1.29, 1.82) is 0 Å². The molecule has 0 amide bonds. The van der Waals surface area contributed by atoms with Gasteiger partial charge in [-0.1, -0.05) is 40.5 Å². The molecule has 9 atom stereocenters. The summed E-state index contributed by atoms with van der Waals surface area (Å²) in [5.74, 6) is 5.02. The number of rotatable bonds is 7. The molecular formula is C26H46NNaO3S. The fraction of sp³-hybridized carbons (Fsp3) is 1.00. The van der Waals surface area contributed by atoms with Crippen LogP contribution in [0.4, 0.5) is 0 Å². The quantitative estimate of drug-likeness (QED) is 0.454. The maximum absolute atomic E-state index is 10.9. The van der Waals surface area contributed by atoms with Gasteiger partial charge in [0.05, 0.1) is 15.9 Å². The number of nitrogens with one attached hydrogen (secondary N) is 1. The van der Waals surface area contributed by atoms with Gasteiger partial charge < -0.3 is 9.87 Å². The van der Waals surface area contributed by atoms with Gasteiger partial charge in [-0.25, -0.2) is 8.42 Å². The molecule has 0 aromatic rings. The Balaban J connectivity index is 0.00000289. The number of hydrogen-bond acceptors (Lipinski definition) is 4. The van der Waals surface area contributed by atoms with E-state index in [-0.39, 0.29) is 35.3 Å². The Hall–Kier alpha value is 0.870. The van der Waals surface area contributed by atoms with E-state index in [0.717, 1.165) is 48.3 Å². The first-order chi connectivity index (χ1) is 14.6.